The molecule has 2 heterocycles. The number of aromatic nitrogens is 2. The van der Waals surface area contributed by atoms with Gasteiger partial charge >= 0.3 is 0 Å². The molecule has 0 spiro atoms. The topological polar surface area (TPSA) is 44.3 Å². The third-order valence-electron chi connectivity index (χ3n) is 3.40. The lowest BCUT2D eigenvalue weighted by Crippen LogP contribution is -2.26. The van der Waals surface area contributed by atoms with E-state index in [1.807, 2.05) is 12.3 Å². The van der Waals surface area contributed by atoms with Crippen LogP contribution in [0.5, 0.6) is 0 Å². The van der Waals surface area contributed by atoms with Crippen molar-refractivity contribution in [2.24, 2.45) is 0 Å². The van der Waals surface area contributed by atoms with Crippen molar-refractivity contribution >= 4 is 11.8 Å². The second-order valence-corrected chi connectivity index (χ2v) is 5.37. The molecule has 0 bridgehead atoms. The lowest BCUT2D eigenvalue weighted by Gasteiger charge is -2.20. The Kier molecular flexibility index (Phi) is 5.39. The summed E-state index contributed by atoms with van der Waals surface area (Å²) in [6.07, 6.45) is 7.02. The third kappa shape index (κ3) is 4.67. The first-order valence-electron chi connectivity index (χ1n) is 7.22. The molecule has 1 aromatic rings. The van der Waals surface area contributed by atoms with E-state index in [4.69, 9.17) is 0 Å². The fourth-order valence-electron chi connectivity index (χ4n) is 2.28. The van der Waals surface area contributed by atoms with Gasteiger partial charge in [-0.3, -0.25) is 0 Å². The average molecular weight is 263 g/mol. The lowest BCUT2D eigenvalue weighted by atomic mass is 10.2. The number of nitrogens with one attached hydrogen (secondary N) is 1. The normalized spacial score (nSPS) is 16.5. The summed E-state index contributed by atoms with van der Waals surface area (Å²) in [5.74, 6) is 1.80. The maximum absolute atomic E-state index is 4.62. The van der Waals surface area contributed by atoms with E-state index < -0.39 is 0 Å². The molecule has 0 aromatic carbocycles. The predicted octanol–water partition coefficient (Wildman–Crippen LogP) is 1.83. The standard InChI is InChI=1S/C14H25N5/c1-18(2)12-9-15-13-7-8-16-14(17-13)19-10-5-3-4-6-11-19/h7-8H,3-6,9-12H2,1-2H3,(H,15,16,17). The van der Waals surface area contributed by atoms with E-state index >= 15 is 0 Å². The van der Waals surface area contributed by atoms with Gasteiger partial charge in [-0.25, -0.2) is 4.98 Å². The van der Waals surface area contributed by atoms with Gasteiger partial charge in [0.1, 0.15) is 5.82 Å². The van der Waals surface area contributed by atoms with Crippen LogP contribution in [0.1, 0.15) is 25.7 Å². The maximum Gasteiger partial charge on any atom is 0.227 e. The van der Waals surface area contributed by atoms with Crippen LogP contribution in [0.15, 0.2) is 12.3 Å². The van der Waals surface area contributed by atoms with Crippen molar-refractivity contribution < 1.29 is 0 Å². The van der Waals surface area contributed by atoms with E-state index in [2.05, 4.69) is 39.2 Å². The highest BCUT2D eigenvalue weighted by atomic mass is 15.3. The first-order valence-corrected chi connectivity index (χ1v) is 7.22. The summed E-state index contributed by atoms with van der Waals surface area (Å²) in [5.41, 5.74) is 0. The van der Waals surface area contributed by atoms with E-state index in [0.717, 1.165) is 37.9 Å². The minimum atomic E-state index is 0.872. The summed E-state index contributed by atoms with van der Waals surface area (Å²) in [6.45, 7) is 4.08. The van der Waals surface area contributed by atoms with Crippen molar-refractivity contribution in [3.63, 3.8) is 0 Å². The van der Waals surface area contributed by atoms with Gasteiger partial charge in [0.2, 0.25) is 5.95 Å². The summed E-state index contributed by atoms with van der Waals surface area (Å²) < 4.78 is 0. The summed E-state index contributed by atoms with van der Waals surface area (Å²) in [5, 5.41) is 3.35. The van der Waals surface area contributed by atoms with E-state index in [9.17, 15) is 0 Å². The highest BCUT2D eigenvalue weighted by Gasteiger charge is 2.12. The van der Waals surface area contributed by atoms with Gasteiger partial charge < -0.3 is 15.1 Å². The predicted molar refractivity (Wildman–Crippen MR) is 79.8 cm³/mol. The maximum atomic E-state index is 4.62. The molecule has 0 saturated carbocycles. The van der Waals surface area contributed by atoms with Crippen molar-refractivity contribution in [3.05, 3.63) is 12.3 Å². The van der Waals surface area contributed by atoms with Gasteiger partial charge in [0.25, 0.3) is 0 Å². The molecule has 1 aliphatic heterocycles. The smallest absolute Gasteiger partial charge is 0.227 e. The molecular formula is C14H25N5. The number of anilines is 2. The molecule has 5 nitrogen and oxygen atoms in total. The third-order valence-corrected chi connectivity index (χ3v) is 3.40. The van der Waals surface area contributed by atoms with Crippen molar-refractivity contribution in [1.82, 2.24) is 14.9 Å². The quantitative estimate of drug-likeness (QED) is 0.878. The second-order valence-electron chi connectivity index (χ2n) is 5.37. The number of rotatable bonds is 5. The van der Waals surface area contributed by atoms with Gasteiger partial charge in [-0.2, -0.15) is 4.98 Å². The van der Waals surface area contributed by atoms with Crippen LogP contribution in [0.2, 0.25) is 0 Å². The van der Waals surface area contributed by atoms with Crippen molar-refractivity contribution in [2.45, 2.75) is 25.7 Å². The SMILES string of the molecule is CN(C)CCNc1ccnc(N2CCCCCC2)n1. The molecule has 106 valence electrons. The summed E-state index contributed by atoms with van der Waals surface area (Å²) in [4.78, 5) is 13.5. The molecule has 1 fully saturated rings. The largest absolute Gasteiger partial charge is 0.369 e. The van der Waals surface area contributed by atoms with Crippen LogP contribution in [0.4, 0.5) is 11.8 Å². The van der Waals surface area contributed by atoms with Gasteiger partial charge in [0, 0.05) is 32.4 Å². The summed E-state index contributed by atoms with van der Waals surface area (Å²) >= 11 is 0. The molecule has 2 rings (SSSR count). The van der Waals surface area contributed by atoms with Crippen molar-refractivity contribution in [1.29, 1.82) is 0 Å². The molecule has 5 heteroatoms. The van der Waals surface area contributed by atoms with E-state index in [0.29, 0.717) is 0 Å². The molecule has 1 N–H and O–H groups in total. The Bertz CT molecular complexity index is 372. The molecular weight excluding hydrogens is 238 g/mol. The Balaban J connectivity index is 1.93. The molecule has 1 aliphatic rings. The first-order chi connectivity index (χ1) is 9.25. The minimum Gasteiger partial charge on any atom is -0.369 e. The number of nitrogens with zero attached hydrogens (tertiary/aromatic N) is 4. The Morgan fingerprint density at radius 1 is 1.21 bits per heavy atom. The van der Waals surface area contributed by atoms with Crippen LogP contribution in [0.3, 0.4) is 0 Å². The van der Waals surface area contributed by atoms with Gasteiger partial charge in [0.05, 0.1) is 0 Å². The highest BCUT2D eigenvalue weighted by Crippen LogP contribution is 2.16. The number of likely N-dealkylation sites (N-methyl/N-ethyl adjacent to an activating group) is 1. The average Bonchev–Trinajstić information content (AvgIpc) is 2.67. The van der Waals surface area contributed by atoms with Crippen molar-refractivity contribution in [3.8, 4) is 0 Å². The molecule has 0 unspecified atom stereocenters. The van der Waals surface area contributed by atoms with Crippen LogP contribution in [-0.2, 0) is 0 Å². The molecule has 1 saturated heterocycles. The van der Waals surface area contributed by atoms with Crippen LogP contribution in [-0.4, -0.2) is 55.1 Å². The summed E-state index contributed by atoms with van der Waals surface area (Å²) in [7, 11) is 4.15. The Morgan fingerprint density at radius 3 is 2.63 bits per heavy atom. The van der Waals surface area contributed by atoms with Crippen molar-refractivity contribution in [2.75, 3.05) is 50.5 Å². The minimum absolute atomic E-state index is 0.872. The Hall–Kier alpha value is -1.36. The van der Waals surface area contributed by atoms with Crippen LogP contribution in [0.25, 0.3) is 0 Å². The molecule has 0 atom stereocenters. The van der Waals surface area contributed by atoms with Crippen LogP contribution < -0.4 is 10.2 Å². The second kappa shape index (κ2) is 7.28. The zero-order chi connectivity index (χ0) is 13.5. The zero-order valence-electron chi connectivity index (χ0n) is 12.1. The molecule has 19 heavy (non-hydrogen) atoms. The number of hydrogen-bond donors (Lipinski definition) is 1. The lowest BCUT2D eigenvalue weighted by molar-refractivity contribution is 0.425. The molecule has 0 amide bonds. The van der Waals surface area contributed by atoms with E-state index in [1.54, 1.807) is 0 Å². The molecule has 1 aromatic heterocycles. The fourth-order valence-corrected chi connectivity index (χ4v) is 2.28. The van der Waals surface area contributed by atoms with Gasteiger partial charge in [-0.05, 0) is 33.0 Å². The Labute approximate surface area is 116 Å². The van der Waals surface area contributed by atoms with E-state index in [1.165, 1.54) is 25.7 Å². The molecule has 0 radical (unpaired) electrons. The Morgan fingerprint density at radius 2 is 1.95 bits per heavy atom. The highest BCUT2D eigenvalue weighted by molar-refractivity contribution is 5.41. The summed E-state index contributed by atoms with van der Waals surface area (Å²) in [6, 6.07) is 1.94. The first kappa shape index (κ1) is 14.1. The van der Waals surface area contributed by atoms with Crippen LogP contribution >= 0.6 is 0 Å². The van der Waals surface area contributed by atoms with Gasteiger partial charge in [0.15, 0.2) is 0 Å². The van der Waals surface area contributed by atoms with E-state index in [-0.39, 0.29) is 0 Å². The van der Waals surface area contributed by atoms with Gasteiger partial charge in [-0.1, -0.05) is 12.8 Å². The fraction of sp³-hybridized carbons (Fsp3) is 0.714. The monoisotopic (exact) mass is 263 g/mol. The number of hydrogen-bond acceptors (Lipinski definition) is 5. The molecule has 0 aliphatic carbocycles. The van der Waals surface area contributed by atoms with Gasteiger partial charge in [-0.15, -0.1) is 0 Å². The van der Waals surface area contributed by atoms with Crippen LogP contribution in [0, 0.1) is 0 Å². The zero-order valence-corrected chi connectivity index (χ0v) is 12.1.